The van der Waals surface area contributed by atoms with Crippen LogP contribution in [0.15, 0.2) is 15.9 Å². The van der Waals surface area contributed by atoms with Crippen LogP contribution in [-0.4, -0.2) is 13.1 Å². The molecular weight excluding hydrogens is 308 g/mol. The van der Waals surface area contributed by atoms with Gasteiger partial charge in [0.25, 0.3) is 0 Å². The lowest BCUT2D eigenvalue weighted by Crippen LogP contribution is -2.33. The van der Waals surface area contributed by atoms with Crippen molar-refractivity contribution in [2.24, 2.45) is 23.5 Å². The van der Waals surface area contributed by atoms with Crippen LogP contribution >= 0.6 is 27.3 Å². The number of hydrogen-bond acceptors (Lipinski definition) is 3. The summed E-state index contributed by atoms with van der Waals surface area (Å²) in [5.74, 6) is 2.94. The zero-order valence-corrected chi connectivity index (χ0v) is 13.0. The number of halogens is 1. The van der Waals surface area contributed by atoms with Gasteiger partial charge in [0, 0.05) is 21.3 Å². The largest absolute Gasteiger partial charge is 0.329 e. The Morgan fingerprint density at radius 1 is 1.33 bits per heavy atom. The van der Waals surface area contributed by atoms with E-state index in [0.717, 1.165) is 24.3 Å². The second-order valence-corrected chi connectivity index (χ2v) is 7.56. The van der Waals surface area contributed by atoms with Crippen molar-refractivity contribution in [3.8, 4) is 0 Å². The summed E-state index contributed by atoms with van der Waals surface area (Å²) in [6.07, 6.45) is 5.84. The van der Waals surface area contributed by atoms with Crippen LogP contribution in [0, 0.1) is 17.8 Å². The van der Waals surface area contributed by atoms with E-state index in [1.54, 1.807) is 11.3 Å². The highest BCUT2D eigenvalue weighted by molar-refractivity contribution is 9.10. The van der Waals surface area contributed by atoms with Crippen molar-refractivity contribution in [2.75, 3.05) is 13.1 Å². The summed E-state index contributed by atoms with van der Waals surface area (Å²) in [5, 5.41) is 5.84. The van der Waals surface area contributed by atoms with Crippen molar-refractivity contribution in [2.45, 2.75) is 31.7 Å². The Kier molecular flexibility index (Phi) is 4.09. The van der Waals surface area contributed by atoms with Gasteiger partial charge in [0.2, 0.25) is 0 Å². The molecule has 0 amide bonds. The zero-order chi connectivity index (χ0) is 12.5. The minimum atomic E-state index is 0.335. The predicted molar refractivity (Wildman–Crippen MR) is 80.8 cm³/mol. The van der Waals surface area contributed by atoms with E-state index in [1.165, 1.54) is 35.0 Å². The second kappa shape index (κ2) is 5.61. The number of thiophene rings is 1. The van der Waals surface area contributed by atoms with Crippen LogP contribution in [0.5, 0.6) is 0 Å². The van der Waals surface area contributed by atoms with Crippen LogP contribution in [0.2, 0.25) is 0 Å². The summed E-state index contributed by atoms with van der Waals surface area (Å²) in [6.45, 7) is 1.85. The lowest BCUT2D eigenvalue weighted by Gasteiger charge is -2.21. The van der Waals surface area contributed by atoms with E-state index in [0.29, 0.717) is 12.6 Å². The molecule has 3 rings (SSSR count). The van der Waals surface area contributed by atoms with Gasteiger partial charge >= 0.3 is 0 Å². The molecule has 2 aliphatic carbocycles. The number of nitrogens with two attached hydrogens (primary N) is 1. The van der Waals surface area contributed by atoms with Gasteiger partial charge in [-0.1, -0.05) is 0 Å². The number of rotatable bonds is 7. The van der Waals surface area contributed by atoms with Gasteiger partial charge < -0.3 is 11.1 Å². The van der Waals surface area contributed by atoms with Crippen molar-refractivity contribution in [1.82, 2.24) is 5.32 Å². The first kappa shape index (κ1) is 13.1. The normalized spacial score (nSPS) is 21.5. The Balaban J connectivity index is 1.56. The average Bonchev–Trinajstić information content (AvgIpc) is 3.26. The molecule has 1 heterocycles. The molecular formula is C14H21BrN2S. The molecule has 2 aliphatic rings. The van der Waals surface area contributed by atoms with Gasteiger partial charge in [-0.2, -0.15) is 0 Å². The molecule has 2 nitrogen and oxygen atoms in total. The Hall–Kier alpha value is 0.1000. The minimum Gasteiger partial charge on any atom is -0.329 e. The van der Waals surface area contributed by atoms with Crippen LogP contribution in [-0.2, 0) is 0 Å². The first-order chi connectivity index (χ1) is 8.78. The molecule has 100 valence electrons. The fourth-order valence-corrected chi connectivity index (χ4v) is 4.39. The molecule has 2 fully saturated rings. The molecule has 1 atom stereocenters. The molecule has 4 heteroatoms. The third kappa shape index (κ3) is 3.16. The summed E-state index contributed by atoms with van der Waals surface area (Å²) in [5.41, 5.74) is 5.91. The summed E-state index contributed by atoms with van der Waals surface area (Å²) in [7, 11) is 0. The summed E-state index contributed by atoms with van der Waals surface area (Å²) in [4.78, 5) is 1.36. The maximum absolute atomic E-state index is 5.91. The third-order valence-electron chi connectivity index (χ3n) is 4.22. The first-order valence-corrected chi connectivity index (χ1v) is 8.62. The van der Waals surface area contributed by atoms with Gasteiger partial charge in [0.05, 0.1) is 6.04 Å². The minimum absolute atomic E-state index is 0.335. The predicted octanol–water partition coefficient (Wildman–Crippen LogP) is 3.54. The zero-order valence-electron chi connectivity index (χ0n) is 10.6. The lowest BCUT2D eigenvalue weighted by atomic mass is 9.97. The standard InChI is InChI=1S/C14H21BrN2S/c15-11-5-14(18-8-11)13(6-16)17-7-12(9-1-2-9)10-3-4-10/h5,8-10,12-13,17H,1-4,6-7,16H2. The van der Waals surface area contributed by atoms with Gasteiger partial charge in [-0.15, -0.1) is 11.3 Å². The fraction of sp³-hybridized carbons (Fsp3) is 0.714. The van der Waals surface area contributed by atoms with Crippen LogP contribution in [0.4, 0.5) is 0 Å². The molecule has 0 spiro atoms. The molecule has 0 saturated heterocycles. The van der Waals surface area contributed by atoms with Crippen molar-refractivity contribution >= 4 is 27.3 Å². The Labute approximate surface area is 121 Å². The third-order valence-corrected chi connectivity index (χ3v) is 6.03. The van der Waals surface area contributed by atoms with Crippen LogP contribution < -0.4 is 11.1 Å². The van der Waals surface area contributed by atoms with E-state index < -0.39 is 0 Å². The Morgan fingerprint density at radius 3 is 2.44 bits per heavy atom. The van der Waals surface area contributed by atoms with Gasteiger partial charge in [-0.05, 0) is 72.0 Å². The van der Waals surface area contributed by atoms with Gasteiger partial charge in [-0.3, -0.25) is 0 Å². The van der Waals surface area contributed by atoms with E-state index in [2.05, 4.69) is 32.7 Å². The summed E-state index contributed by atoms with van der Waals surface area (Å²) >= 11 is 5.31. The highest BCUT2D eigenvalue weighted by atomic mass is 79.9. The van der Waals surface area contributed by atoms with Crippen molar-refractivity contribution in [3.63, 3.8) is 0 Å². The molecule has 0 radical (unpaired) electrons. The van der Waals surface area contributed by atoms with E-state index in [4.69, 9.17) is 5.73 Å². The van der Waals surface area contributed by atoms with E-state index in [1.807, 2.05) is 0 Å². The molecule has 18 heavy (non-hydrogen) atoms. The quantitative estimate of drug-likeness (QED) is 0.803. The summed E-state index contributed by atoms with van der Waals surface area (Å²) in [6, 6.07) is 2.53. The monoisotopic (exact) mass is 328 g/mol. The second-order valence-electron chi connectivity index (χ2n) is 5.70. The molecule has 0 aromatic carbocycles. The van der Waals surface area contributed by atoms with E-state index in [9.17, 15) is 0 Å². The van der Waals surface area contributed by atoms with Crippen molar-refractivity contribution in [3.05, 3.63) is 20.8 Å². The molecule has 1 aromatic heterocycles. The van der Waals surface area contributed by atoms with Gasteiger partial charge in [0.1, 0.15) is 0 Å². The van der Waals surface area contributed by atoms with Gasteiger partial charge in [0.15, 0.2) is 0 Å². The molecule has 3 N–H and O–H groups in total. The van der Waals surface area contributed by atoms with Crippen molar-refractivity contribution < 1.29 is 0 Å². The highest BCUT2D eigenvalue weighted by Gasteiger charge is 2.41. The molecule has 0 bridgehead atoms. The first-order valence-electron chi connectivity index (χ1n) is 6.95. The maximum Gasteiger partial charge on any atom is 0.0539 e. The fourth-order valence-electron chi connectivity index (χ4n) is 2.86. The molecule has 2 saturated carbocycles. The molecule has 0 aliphatic heterocycles. The topological polar surface area (TPSA) is 38.0 Å². The highest BCUT2D eigenvalue weighted by Crippen LogP contribution is 2.49. The summed E-state index contributed by atoms with van der Waals surface area (Å²) < 4.78 is 1.17. The van der Waals surface area contributed by atoms with Crippen LogP contribution in [0.25, 0.3) is 0 Å². The Morgan fingerprint density at radius 2 is 2.00 bits per heavy atom. The molecule has 1 aromatic rings. The average molecular weight is 329 g/mol. The number of nitrogens with one attached hydrogen (secondary N) is 1. The van der Waals surface area contributed by atoms with E-state index in [-0.39, 0.29) is 0 Å². The smallest absolute Gasteiger partial charge is 0.0539 e. The van der Waals surface area contributed by atoms with Crippen molar-refractivity contribution in [1.29, 1.82) is 0 Å². The van der Waals surface area contributed by atoms with Crippen LogP contribution in [0.1, 0.15) is 36.6 Å². The van der Waals surface area contributed by atoms with Gasteiger partial charge in [-0.25, -0.2) is 0 Å². The van der Waals surface area contributed by atoms with Crippen LogP contribution in [0.3, 0.4) is 0 Å². The molecule has 1 unspecified atom stereocenters. The number of hydrogen-bond donors (Lipinski definition) is 2. The maximum atomic E-state index is 5.91. The Bertz CT molecular complexity index is 386. The van der Waals surface area contributed by atoms with E-state index >= 15 is 0 Å². The SMILES string of the molecule is NCC(NCC(C1CC1)C1CC1)c1cc(Br)cs1. The lowest BCUT2D eigenvalue weighted by molar-refractivity contribution is 0.359.